The van der Waals surface area contributed by atoms with Gasteiger partial charge in [-0.15, -0.1) is 0 Å². The van der Waals surface area contributed by atoms with Crippen molar-refractivity contribution in [1.82, 2.24) is 0 Å². The van der Waals surface area contributed by atoms with Crippen LogP contribution in [-0.4, -0.2) is 6.54 Å². The summed E-state index contributed by atoms with van der Waals surface area (Å²) in [4.78, 5) is 0. The molecule has 0 atom stereocenters. The average Bonchev–Trinajstić information content (AvgIpc) is 2.08. The van der Waals surface area contributed by atoms with Crippen LogP contribution in [0.3, 0.4) is 0 Å². The highest BCUT2D eigenvalue weighted by Gasteiger charge is 2.03. The van der Waals surface area contributed by atoms with Crippen LogP contribution in [0.2, 0.25) is 0 Å². The Bertz CT molecular complexity index is 295. The normalized spacial score (nSPS) is 10.9. The minimum absolute atomic E-state index is 0.223. The van der Waals surface area contributed by atoms with Crippen LogP contribution in [0.25, 0.3) is 6.08 Å². The third kappa shape index (κ3) is 1.89. The third-order valence-corrected chi connectivity index (χ3v) is 1.41. The first kappa shape index (κ1) is 8.87. The lowest BCUT2D eigenvalue weighted by Crippen LogP contribution is -1.93. The Labute approximate surface area is 69.5 Å². The molecule has 0 aromatic heterocycles. The van der Waals surface area contributed by atoms with E-state index in [9.17, 15) is 8.78 Å². The van der Waals surface area contributed by atoms with Gasteiger partial charge in [0.25, 0.3) is 0 Å². The van der Waals surface area contributed by atoms with Gasteiger partial charge < -0.3 is 5.73 Å². The molecule has 0 aliphatic rings. The number of benzene rings is 1. The summed E-state index contributed by atoms with van der Waals surface area (Å²) in [7, 11) is 0. The van der Waals surface area contributed by atoms with Crippen LogP contribution in [0.1, 0.15) is 5.56 Å². The molecule has 0 fully saturated rings. The summed E-state index contributed by atoms with van der Waals surface area (Å²) in [6.07, 6.45) is 3.02. The van der Waals surface area contributed by atoms with Gasteiger partial charge in [-0.25, -0.2) is 8.78 Å². The molecule has 0 aliphatic carbocycles. The zero-order chi connectivity index (χ0) is 8.97. The van der Waals surface area contributed by atoms with E-state index in [1.807, 2.05) is 0 Å². The number of nitrogens with two attached hydrogens (primary N) is 1. The molecule has 0 saturated heterocycles. The Morgan fingerprint density at radius 1 is 1.33 bits per heavy atom. The molecule has 1 nitrogen and oxygen atoms in total. The molecule has 1 rings (SSSR count). The molecule has 0 bridgehead atoms. The lowest BCUT2D eigenvalue weighted by molar-refractivity contribution is 0.507. The first-order valence-corrected chi connectivity index (χ1v) is 3.56. The maximum atomic E-state index is 12.9. The molecule has 1 aromatic rings. The minimum atomic E-state index is -0.839. The van der Waals surface area contributed by atoms with Crippen LogP contribution in [0.4, 0.5) is 8.78 Å². The molecule has 64 valence electrons. The Morgan fingerprint density at radius 2 is 2.08 bits per heavy atom. The molecule has 0 unspecified atom stereocenters. The number of halogens is 2. The van der Waals surface area contributed by atoms with Gasteiger partial charge in [0, 0.05) is 12.1 Å². The van der Waals surface area contributed by atoms with Gasteiger partial charge in [0.1, 0.15) is 0 Å². The van der Waals surface area contributed by atoms with E-state index in [-0.39, 0.29) is 5.56 Å². The SMILES string of the molecule is NC/C=C/c1cccc(F)c1F. The lowest BCUT2D eigenvalue weighted by atomic mass is 10.2. The zero-order valence-electron chi connectivity index (χ0n) is 6.43. The Morgan fingerprint density at radius 3 is 2.75 bits per heavy atom. The summed E-state index contributed by atoms with van der Waals surface area (Å²) in [5, 5.41) is 0. The van der Waals surface area contributed by atoms with Crippen LogP contribution in [0.5, 0.6) is 0 Å². The molecule has 0 saturated carbocycles. The van der Waals surface area contributed by atoms with E-state index in [4.69, 9.17) is 5.73 Å². The van der Waals surface area contributed by atoms with Gasteiger partial charge in [0.15, 0.2) is 11.6 Å². The molecule has 1 aromatic carbocycles. The van der Waals surface area contributed by atoms with Crippen molar-refractivity contribution in [3.63, 3.8) is 0 Å². The van der Waals surface area contributed by atoms with Crippen molar-refractivity contribution in [3.8, 4) is 0 Å². The van der Waals surface area contributed by atoms with Gasteiger partial charge in [-0.2, -0.15) is 0 Å². The monoisotopic (exact) mass is 169 g/mol. The molecule has 0 heterocycles. The summed E-state index contributed by atoms with van der Waals surface area (Å²) < 4.78 is 25.4. The van der Waals surface area contributed by atoms with Gasteiger partial charge in [0.05, 0.1) is 0 Å². The third-order valence-electron chi connectivity index (χ3n) is 1.41. The Kier molecular flexibility index (Phi) is 2.94. The molecule has 3 heteroatoms. The van der Waals surface area contributed by atoms with Gasteiger partial charge in [0.2, 0.25) is 0 Å². The minimum Gasteiger partial charge on any atom is -0.327 e. The fourth-order valence-corrected chi connectivity index (χ4v) is 0.844. The molecule has 2 N–H and O–H groups in total. The smallest absolute Gasteiger partial charge is 0.166 e. The van der Waals surface area contributed by atoms with Crippen LogP contribution in [0.15, 0.2) is 24.3 Å². The summed E-state index contributed by atoms with van der Waals surface area (Å²) >= 11 is 0. The molecule has 0 aliphatic heterocycles. The second kappa shape index (κ2) is 3.97. The molecule has 0 spiro atoms. The standard InChI is InChI=1S/C9H9F2N/c10-8-5-1-3-7(9(8)11)4-2-6-12/h1-5H,6,12H2/b4-2+. The lowest BCUT2D eigenvalue weighted by Gasteiger charge is -1.96. The fraction of sp³-hybridized carbons (Fsp3) is 0.111. The Balaban J connectivity index is 3.00. The van der Waals surface area contributed by atoms with E-state index in [1.165, 1.54) is 18.2 Å². The molecular weight excluding hydrogens is 160 g/mol. The van der Waals surface area contributed by atoms with Crippen LogP contribution < -0.4 is 5.73 Å². The maximum absolute atomic E-state index is 12.9. The maximum Gasteiger partial charge on any atom is 0.166 e. The molecule has 12 heavy (non-hydrogen) atoms. The Hall–Kier alpha value is -1.22. The summed E-state index contributed by atoms with van der Waals surface area (Å²) in [6, 6.07) is 4.02. The van der Waals surface area contributed by atoms with Crippen LogP contribution in [-0.2, 0) is 0 Å². The largest absolute Gasteiger partial charge is 0.327 e. The van der Waals surface area contributed by atoms with Gasteiger partial charge in [-0.1, -0.05) is 24.3 Å². The van der Waals surface area contributed by atoms with Crippen molar-refractivity contribution in [3.05, 3.63) is 41.5 Å². The average molecular weight is 169 g/mol. The van der Waals surface area contributed by atoms with Crippen LogP contribution >= 0.6 is 0 Å². The van der Waals surface area contributed by atoms with Gasteiger partial charge >= 0.3 is 0 Å². The van der Waals surface area contributed by atoms with Crippen molar-refractivity contribution in [2.24, 2.45) is 5.73 Å². The fourth-order valence-electron chi connectivity index (χ4n) is 0.844. The van der Waals surface area contributed by atoms with Crippen LogP contribution in [0, 0.1) is 11.6 Å². The number of hydrogen-bond donors (Lipinski definition) is 1. The molecule has 0 radical (unpaired) electrons. The quantitative estimate of drug-likeness (QED) is 0.719. The van der Waals surface area contributed by atoms with E-state index in [1.54, 1.807) is 6.08 Å². The van der Waals surface area contributed by atoms with Gasteiger partial charge in [-0.3, -0.25) is 0 Å². The molecular formula is C9H9F2N. The topological polar surface area (TPSA) is 26.0 Å². The first-order valence-electron chi connectivity index (χ1n) is 3.56. The van der Waals surface area contributed by atoms with E-state index in [0.29, 0.717) is 6.54 Å². The number of hydrogen-bond acceptors (Lipinski definition) is 1. The van der Waals surface area contributed by atoms with E-state index < -0.39 is 11.6 Å². The zero-order valence-corrected chi connectivity index (χ0v) is 6.43. The summed E-state index contributed by atoms with van der Waals surface area (Å²) in [6.45, 7) is 0.315. The van der Waals surface area contributed by atoms with E-state index in [0.717, 1.165) is 6.07 Å². The molecule has 0 amide bonds. The highest BCUT2D eigenvalue weighted by atomic mass is 19.2. The van der Waals surface area contributed by atoms with Crippen molar-refractivity contribution < 1.29 is 8.78 Å². The second-order valence-corrected chi connectivity index (χ2v) is 2.28. The van der Waals surface area contributed by atoms with Crippen molar-refractivity contribution in [1.29, 1.82) is 0 Å². The second-order valence-electron chi connectivity index (χ2n) is 2.28. The number of rotatable bonds is 2. The highest BCUT2D eigenvalue weighted by Crippen LogP contribution is 2.12. The van der Waals surface area contributed by atoms with E-state index in [2.05, 4.69) is 0 Å². The predicted octanol–water partition coefficient (Wildman–Crippen LogP) is 1.94. The van der Waals surface area contributed by atoms with E-state index >= 15 is 0 Å². The van der Waals surface area contributed by atoms with Gasteiger partial charge in [-0.05, 0) is 6.07 Å². The van der Waals surface area contributed by atoms with Crippen molar-refractivity contribution in [2.45, 2.75) is 0 Å². The highest BCUT2D eigenvalue weighted by molar-refractivity contribution is 5.50. The first-order chi connectivity index (χ1) is 5.75. The summed E-state index contributed by atoms with van der Waals surface area (Å²) in [5.41, 5.74) is 5.38. The van der Waals surface area contributed by atoms with Crippen molar-refractivity contribution >= 4 is 6.08 Å². The summed E-state index contributed by atoms with van der Waals surface area (Å²) in [5.74, 6) is -1.67. The van der Waals surface area contributed by atoms with Crippen molar-refractivity contribution in [2.75, 3.05) is 6.54 Å². The predicted molar refractivity (Wildman–Crippen MR) is 44.4 cm³/mol.